The van der Waals surface area contributed by atoms with Crippen LogP contribution in [-0.2, 0) is 14.4 Å². The molecule has 4 amide bonds. The zero-order valence-electron chi connectivity index (χ0n) is 19.6. The van der Waals surface area contributed by atoms with Crippen LogP contribution < -0.4 is 21.1 Å². The van der Waals surface area contributed by atoms with Crippen LogP contribution >= 0.6 is 15.9 Å². The Balaban J connectivity index is 1.77. The molecule has 0 spiro atoms. The summed E-state index contributed by atoms with van der Waals surface area (Å²) >= 11 is 3.45. The Morgan fingerprint density at radius 2 is 1.97 bits per heavy atom. The van der Waals surface area contributed by atoms with Gasteiger partial charge in [0.1, 0.15) is 11.3 Å². The van der Waals surface area contributed by atoms with Crippen molar-refractivity contribution in [2.24, 2.45) is 17.6 Å². The molecule has 2 heterocycles. The zero-order valence-corrected chi connectivity index (χ0v) is 21.2. The van der Waals surface area contributed by atoms with Crippen molar-refractivity contribution in [1.82, 2.24) is 15.5 Å². The van der Waals surface area contributed by atoms with E-state index in [1.165, 1.54) is 12.0 Å². The second kappa shape index (κ2) is 10.1. The first-order chi connectivity index (χ1) is 16.7. The van der Waals surface area contributed by atoms with Crippen LogP contribution in [0.5, 0.6) is 5.75 Å². The molecule has 1 aromatic rings. The Hall–Kier alpha value is -2.66. The quantitative estimate of drug-likeness (QED) is 0.286. The van der Waals surface area contributed by atoms with E-state index in [9.17, 15) is 24.3 Å². The Morgan fingerprint density at radius 1 is 1.26 bits per heavy atom. The minimum Gasteiger partial charge on any atom is -0.496 e. The van der Waals surface area contributed by atoms with Gasteiger partial charge in [0, 0.05) is 28.7 Å². The summed E-state index contributed by atoms with van der Waals surface area (Å²) in [6.45, 7) is 0.156. The molecule has 190 valence electrons. The number of primary amides is 1. The van der Waals surface area contributed by atoms with E-state index in [4.69, 9.17) is 10.5 Å². The fourth-order valence-corrected chi connectivity index (χ4v) is 6.43. The van der Waals surface area contributed by atoms with Crippen molar-refractivity contribution in [2.45, 2.75) is 62.6 Å². The number of carboxylic acids is 1. The van der Waals surface area contributed by atoms with E-state index >= 15 is 0 Å². The number of hydrogen-bond acceptors (Lipinski definition) is 6. The van der Waals surface area contributed by atoms with E-state index in [0.717, 1.165) is 36.6 Å². The summed E-state index contributed by atoms with van der Waals surface area (Å²) in [5, 5.41) is 16.1. The SMILES string of the molecule is COc1ccc(Br)cc1C1NC(CCCNC(N)=O)(C(=O)O)C2C(=O)N(C3CCCCC3)C(=O)C12. The number of amides is 4. The van der Waals surface area contributed by atoms with E-state index in [-0.39, 0.29) is 31.3 Å². The number of fused-ring (bicyclic) bond motifs is 1. The molecule has 2 saturated heterocycles. The summed E-state index contributed by atoms with van der Waals surface area (Å²) in [7, 11) is 1.51. The largest absolute Gasteiger partial charge is 0.496 e. The monoisotopic (exact) mass is 550 g/mol. The Morgan fingerprint density at radius 3 is 2.60 bits per heavy atom. The number of carbonyl (C=O) groups excluding carboxylic acids is 3. The highest BCUT2D eigenvalue weighted by Gasteiger charge is 2.69. The molecule has 0 aromatic heterocycles. The normalized spacial score (nSPS) is 28.7. The number of halogens is 1. The number of rotatable bonds is 8. The summed E-state index contributed by atoms with van der Waals surface area (Å²) in [5.74, 6) is -3.41. The second-order valence-corrected chi connectivity index (χ2v) is 10.4. The molecule has 35 heavy (non-hydrogen) atoms. The number of likely N-dealkylation sites (tertiary alicyclic amines) is 1. The molecule has 5 N–H and O–H groups in total. The van der Waals surface area contributed by atoms with Gasteiger partial charge in [-0.25, -0.2) is 4.79 Å². The van der Waals surface area contributed by atoms with Crippen LogP contribution in [0, 0.1) is 11.8 Å². The van der Waals surface area contributed by atoms with Gasteiger partial charge in [0.25, 0.3) is 0 Å². The summed E-state index contributed by atoms with van der Waals surface area (Å²) in [5.41, 5.74) is 4.07. The van der Waals surface area contributed by atoms with Crippen molar-refractivity contribution in [1.29, 1.82) is 0 Å². The van der Waals surface area contributed by atoms with E-state index in [1.54, 1.807) is 18.2 Å². The van der Waals surface area contributed by atoms with Crippen molar-refractivity contribution in [3.05, 3.63) is 28.2 Å². The van der Waals surface area contributed by atoms with Crippen LogP contribution in [0.3, 0.4) is 0 Å². The number of urea groups is 1. The smallest absolute Gasteiger partial charge is 0.324 e. The van der Waals surface area contributed by atoms with Crippen molar-refractivity contribution in [3.8, 4) is 5.75 Å². The van der Waals surface area contributed by atoms with Crippen LogP contribution in [-0.4, -0.2) is 59.1 Å². The summed E-state index contributed by atoms with van der Waals surface area (Å²) < 4.78 is 6.28. The molecule has 10 nitrogen and oxygen atoms in total. The first kappa shape index (κ1) is 25.4. The summed E-state index contributed by atoms with van der Waals surface area (Å²) in [4.78, 5) is 53.0. The molecule has 4 rings (SSSR count). The van der Waals surface area contributed by atoms with Gasteiger partial charge in [-0.15, -0.1) is 0 Å². The van der Waals surface area contributed by atoms with E-state index in [2.05, 4.69) is 26.6 Å². The van der Waals surface area contributed by atoms with Gasteiger partial charge in [-0.3, -0.25) is 24.6 Å². The van der Waals surface area contributed by atoms with Gasteiger partial charge in [-0.1, -0.05) is 35.2 Å². The number of methoxy groups -OCH3 is 1. The lowest BCUT2D eigenvalue weighted by Crippen LogP contribution is -2.56. The lowest BCUT2D eigenvalue weighted by Gasteiger charge is -2.34. The molecular weight excluding hydrogens is 520 g/mol. The molecule has 11 heteroatoms. The van der Waals surface area contributed by atoms with Gasteiger partial charge in [-0.05, 0) is 43.9 Å². The van der Waals surface area contributed by atoms with Gasteiger partial charge < -0.3 is 20.9 Å². The molecule has 3 aliphatic rings. The number of ether oxygens (including phenoxy) is 1. The van der Waals surface area contributed by atoms with Gasteiger partial charge in [0.15, 0.2) is 0 Å². The molecule has 1 aliphatic carbocycles. The van der Waals surface area contributed by atoms with Crippen molar-refractivity contribution < 1.29 is 29.0 Å². The van der Waals surface area contributed by atoms with Gasteiger partial charge in [0.2, 0.25) is 11.8 Å². The predicted octanol–water partition coefficient (Wildman–Crippen LogP) is 2.31. The Bertz CT molecular complexity index is 1030. The molecular formula is C24H31BrN4O6. The predicted molar refractivity (Wildman–Crippen MR) is 129 cm³/mol. The van der Waals surface area contributed by atoms with Crippen LogP contribution in [0.25, 0.3) is 0 Å². The topological polar surface area (TPSA) is 151 Å². The molecule has 0 radical (unpaired) electrons. The molecule has 2 aliphatic heterocycles. The third-order valence-electron chi connectivity index (χ3n) is 7.58. The van der Waals surface area contributed by atoms with Crippen molar-refractivity contribution in [2.75, 3.05) is 13.7 Å². The third kappa shape index (κ3) is 4.51. The molecule has 4 unspecified atom stereocenters. The number of imide groups is 1. The maximum absolute atomic E-state index is 13.8. The highest BCUT2D eigenvalue weighted by molar-refractivity contribution is 9.10. The number of nitrogens with one attached hydrogen (secondary N) is 2. The number of carboxylic acid groups (broad SMARTS) is 1. The number of nitrogens with two attached hydrogens (primary N) is 1. The minimum atomic E-state index is -1.68. The van der Waals surface area contributed by atoms with Gasteiger partial charge >= 0.3 is 12.0 Å². The average Bonchev–Trinajstić information content (AvgIpc) is 3.31. The van der Waals surface area contributed by atoms with E-state index in [1.807, 2.05) is 0 Å². The van der Waals surface area contributed by atoms with Crippen LogP contribution in [0.1, 0.15) is 56.6 Å². The first-order valence-electron chi connectivity index (χ1n) is 12.0. The van der Waals surface area contributed by atoms with Crippen LogP contribution in [0.15, 0.2) is 22.7 Å². The standard InChI is InChI=1S/C24H31BrN4O6/c1-35-16-9-8-13(25)12-15(16)19-17-18(21(31)29(20(17)30)14-6-3-2-4-7-14)24(28-19,22(32)33)10-5-11-27-23(26)34/h8-9,12,14,17-19,28H,2-7,10-11H2,1H3,(H,32,33)(H3,26,27,34). The fourth-order valence-electron chi connectivity index (χ4n) is 6.05. The molecule has 4 atom stereocenters. The number of aliphatic carboxylic acids is 1. The number of hydrogen-bond donors (Lipinski definition) is 4. The lowest BCUT2D eigenvalue weighted by atomic mass is 9.77. The number of nitrogens with zero attached hydrogens (tertiary/aromatic N) is 1. The number of benzene rings is 1. The number of carbonyl (C=O) groups is 4. The Kier molecular flexibility index (Phi) is 7.37. The average molecular weight is 551 g/mol. The summed E-state index contributed by atoms with van der Waals surface area (Å²) in [6, 6.07) is 3.68. The third-order valence-corrected chi connectivity index (χ3v) is 8.08. The highest BCUT2D eigenvalue weighted by atomic mass is 79.9. The molecule has 3 fully saturated rings. The molecule has 0 bridgehead atoms. The first-order valence-corrected chi connectivity index (χ1v) is 12.8. The van der Waals surface area contributed by atoms with Crippen molar-refractivity contribution >= 4 is 39.7 Å². The van der Waals surface area contributed by atoms with E-state index in [0.29, 0.717) is 11.3 Å². The van der Waals surface area contributed by atoms with E-state index < -0.39 is 41.3 Å². The van der Waals surface area contributed by atoms with Crippen LogP contribution in [0.4, 0.5) is 4.79 Å². The minimum absolute atomic E-state index is 0.0358. The molecule has 1 saturated carbocycles. The van der Waals surface area contributed by atoms with Gasteiger partial charge in [0.05, 0.1) is 18.9 Å². The van der Waals surface area contributed by atoms with Crippen molar-refractivity contribution in [3.63, 3.8) is 0 Å². The van der Waals surface area contributed by atoms with Crippen LogP contribution in [0.2, 0.25) is 0 Å². The Labute approximate surface area is 212 Å². The summed E-state index contributed by atoms with van der Waals surface area (Å²) in [6.07, 6.45) is 4.69. The fraction of sp³-hybridized carbons (Fsp3) is 0.583. The maximum Gasteiger partial charge on any atom is 0.324 e. The second-order valence-electron chi connectivity index (χ2n) is 9.52. The highest BCUT2D eigenvalue weighted by Crippen LogP contribution is 2.53. The molecule has 1 aromatic carbocycles. The zero-order chi connectivity index (χ0) is 25.3. The maximum atomic E-state index is 13.8. The lowest BCUT2D eigenvalue weighted by molar-refractivity contribution is -0.153. The van der Waals surface area contributed by atoms with Gasteiger partial charge in [-0.2, -0.15) is 0 Å².